The first-order valence-electron chi connectivity index (χ1n) is 8.28. The standard InChI is InChI=1S/C17H15ClFN5O3/c1-7-12(6-20-23-7)24-15(13(8-2-3-8)22-17(26)27)21-14-10(16(24)25)4-9(19)5-11(14)18/h4-6,8,13,22H,2-3H2,1H3,(H,20,23)(H,26,27). The molecule has 1 aromatic carbocycles. The molecule has 1 atom stereocenters. The molecule has 1 fully saturated rings. The van der Waals surface area contributed by atoms with E-state index in [4.69, 9.17) is 11.6 Å². The van der Waals surface area contributed by atoms with Crippen LogP contribution in [0.1, 0.15) is 30.4 Å². The number of carbonyl (C=O) groups is 1. The third-order valence-electron chi connectivity index (χ3n) is 4.61. The van der Waals surface area contributed by atoms with Crippen molar-refractivity contribution < 1.29 is 14.3 Å². The molecule has 3 N–H and O–H groups in total. The maximum Gasteiger partial charge on any atom is 0.405 e. The Kier molecular flexibility index (Phi) is 4.11. The number of rotatable bonds is 4. The molecule has 0 spiro atoms. The van der Waals surface area contributed by atoms with Crippen LogP contribution in [0.2, 0.25) is 5.02 Å². The van der Waals surface area contributed by atoms with Gasteiger partial charge in [-0.2, -0.15) is 5.10 Å². The van der Waals surface area contributed by atoms with Crippen molar-refractivity contribution in [3.63, 3.8) is 0 Å². The van der Waals surface area contributed by atoms with E-state index in [0.717, 1.165) is 25.0 Å². The average Bonchev–Trinajstić information content (AvgIpc) is 3.35. The highest BCUT2D eigenvalue weighted by molar-refractivity contribution is 6.35. The lowest BCUT2D eigenvalue weighted by Gasteiger charge is -2.21. The van der Waals surface area contributed by atoms with Gasteiger partial charge in [-0.25, -0.2) is 14.2 Å². The van der Waals surface area contributed by atoms with Gasteiger partial charge in [-0.3, -0.25) is 14.5 Å². The monoisotopic (exact) mass is 391 g/mol. The number of amides is 1. The van der Waals surface area contributed by atoms with Crippen LogP contribution >= 0.6 is 11.6 Å². The molecule has 4 rings (SSSR count). The largest absolute Gasteiger partial charge is 0.465 e. The molecule has 0 bridgehead atoms. The number of carboxylic acid groups (broad SMARTS) is 1. The van der Waals surface area contributed by atoms with Gasteiger partial charge in [0.1, 0.15) is 11.6 Å². The second-order valence-electron chi connectivity index (χ2n) is 6.54. The number of nitrogens with zero attached hydrogens (tertiary/aromatic N) is 3. The number of nitrogens with one attached hydrogen (secondary N) is 2. The van der Waals surface area contributed by atoms with Crippen molar-refractivity contribution >= 4 is 28.6 Å². The van der Waals surface area contributed by atoms with Crippen molar-refractivity contribution in [3.05, 3.63) is 51.0 Å². The maximum absolute atomic E-state index is 13.8. The summed E-state index contributed by atoms with van der Waals surface area (Å²) in [6.45, 7) is 1.72. The highest BCUT2D eigenvalue weighted by Crippen LogP contribution is 2.41. The molecule has 1 amide bonds. The molecule has 0 aliphatic heterocycles. The van der Waals surface area contributed by atoms with Gasteiger partial charge < -0.3 is 10.4 Å². The van der Waals surface area contributed by atoms with E-state index in [9.17, 15) is 19.1 Å². The van der Waals surface area contributed by atoms with Crippen LogP contribution in [0.5, 0.6) is 0 Å². The first-order chi connectivity index (χ1) is 12.9. The van der Waals surface area contributed by atoms with Crippen LogP contribution in [0, 0.1) is 18.7 Å². The van der Waals surface area contributed by atoms with Gasteiger partial charge in [-0.15, -0.1) is 0 Å². The molecule has 27 heavy (non-hydrogen) atoms. The van der Waals surface area contributed by atoms with Crippen molar-refractivity contribution in [2.75, 3.05) is 0 Å². The first kappa shape index (κ1) is 17.5. The van der Waals surface area contributed by atoms with E-state index >= 15 is 0 Å². The molecule has 1 saturated carbocycles. The molecule has 140 valence electrons. The van der Waals surface area contributed by atoms with Gasteiger partial charge in [0.15, 0.2) is 0 Å². The Morgan fingerprint density at radius 3 is 2.81 bits per heavy atom. The summed E-state index contributed by atoms with van der Waals surface area (Å²) in [4.78, 5) is 29.0. The Labute approximate surface area is 157 Å². The van der Waals surface area contributed by atoms with Crippen LogP contribution in [0.15, 0.2) is 23.1 Å². The summed E-state index contributed by atoms with van der Waals surface area (Å²) >= 11 is 6.11. The molecule has 10 heteroatoms. The number of halogens is 2. The molecule has 2 aromatic heterocycles. The second kappa shape index (κ2) is 6.34. The van der Waals surface area contributed by atoms with Gasteiger partial charge in [0, 0.05) is 0 Å². The molecule has 2 heterocycles. The molecule has 3 aromatic rings. The number of hydrogen-bond acceptors (Lipinski definition) is 4. The molecule has 1 unspecified atom stereocenters. The predicted molar refractivity (Wildman–Crippen MR) is 95.8 cm³/mol. The van der Waals surface area contributed by atoms with Crippen LogP contribution in [0.4, 0.5) is 9.18 Å². The molecule has 8 nitrogen and oxygen atoms in total. The van der Waals surface area contributed by atoms with Crippen molar-refractivity contribution in [3.8, 4) is 5.69 Å². The van der Waals surface area contributed by atoms with E-state index in [0.29, 0.717) is 11.4 Å². The summed E-state index contributed by atoms with van der Waals surface area (Å²) in [7, 11) is 0. The van der Waals surface area contributed by atoms with Gasteiger partial charge in [-0.1, -0.05) is 11.6 Å². The number of hydrogen-bond donors (Lipinski definition) is 3. The Morgan fingerprint density at radius 2 is 2.22 bits per heavy atom. The van der Waals surface area contributed by atoms with E-state index in [1.54, 1.807) is 6.92 Å². The molecule has 0 saturated heterocycles. The maximum atomic E-state index is 13.8. The third kappa shape index (κ3) is 3.03. The fourth-order valence-corrected chi connectivity index (χ4v) is 3.45. The first-order valence-corrected chi connectivity index (χ1v) is 8.66. The summed E-state index contributed by atoms with van der Waals surface area (Å²) in [6.07, 6.45) is 1.84. The number of H-pyrrole nitrogens is 1. The number of aromatic nitrogens is 4. The fourth-order valence-electron chi connectivity index (χ4n) is 3.20. The SMILES string of the molecule is Cc1[nH]ncc1-n1c(C(NC(=O)O)C2CC2)nc2c(Cl)cc(F)cc2c1=O. The minimum absolute atomic E-state index is 0.00854. The van der Waals surface area contributed by atoms with E-state index in [1.165, 1.54) is 10.8 Å². The average molecular weight is 392 g/mol. The number of benzene rings is 1. The zero-order valence-electron chi connectivity index (χ0n) is 14.2. The van der Waals surface area contributed by atoms with Crippen molar-refractivity contribution in [1.82, 2.24) is 25.1 Å². The lowest BCUT2D eigenvalue weighted by molar-refractivity contribution is 0.187. The van der Waals surface area contributed by atoms with Crippen LogP contribution in [-0.4, -0.2) is 30.9 Å². The predicted octanol–water partition coefficient (Wildman–Crippen LogP) is 2.93. The van der Waals surface area contributed by atoms with E-state index in [1.807, 2.05) is 0 Å². The van der Waals surface area contributed by atoms with E-state index in [-0.39, 0.29) is 27.7 Å². The van der Waals surface area contributed by atoms with Gasteiger partial charge in [0.2, 0.25) is 0 Å². The normalized spacial score (nSPS) is 15.1. The quantitative estimate of drug-likeness (QED) is 0.632. The number of aromatic amines is 1. The van der Waals surface area contributed by atoms with Crippen LogP contribution in [0.3, 0.4) is 0 Å². The lowest BCUT2D eigenvalue weighted by atomic mass is 10.1. The third-order valence-corrected chi connectivity index (χ3v) is 4.90. The molecular formula is C17H15ClFN5O3. The highest BCUT2D eigenvalue weighted by Gasteiger charge is 2.37. The molecule has 1 aliphatic rings. The zero-order chi connectivity index (χ0) is 19.3. The van der Waals surface area contributed by atoms with Crippen LogP contribution < -0.4 is 10.9 Å². The van der Waals surface area contributed by atoms with Gasteiger partial charge >= 0.3 is 6.09 Å². The van der Waals surface area contributed by atoms with Gasteiger partial charge in [0.25, 0.3) is 5.56 Å². The Balaban J connectivity index is 2.08. The summed E-state index contributed by atoms with van der Waals surface area (Å²) in [5.74, 6) is -0.435. The van der Waals surface area contributed by atoms with Gasteiger partial charge in [0.05, 0.1) is 39.5 Å². The fraction of sp³-hybridized carbons (Fsp3) is 0.294. The van der Waals surface area contributed by atoms with E-state index in [2.05, 4.69) is 20.5 Å². The smallest absolute Gasteiger partial charge is 0.405 e. The Morgan fingerprint density at radius 1 is 1.48 bits per heavy atom. The van der Waals surface area contributed by atoms with Crippen molar-refractivity contribution in [2.24, 2.45) is 5.92 Å². The van der Waals surface area contributed by atoms with Crippen molar-refractivity contribution in [1.29, 1.82) is 0 Å². The Bertz CT molecular complexity index is 1120. The second-order valence-corrected chi connectivity index (χ2v) is 6.95. The van der Waals surface area contributed by atoms with Gasteiger partial charge in [-0.05, 0) is 37.8 Å². The minimum Gasteiger partial charge on any atom is -0.465 e. The highest BCUT2D eigenvalue weighted by atomic mass is 35.5. The number of aryl methyl sites for hydroxylation is 1. The van der Waals surface area contributed by atoms with Crippen LogP contribution in [-0.2, 0) is 0 Å². The summed E-state index contributed by atoms with van der Waals surface area (Å²) < 4.78 is 15.1. The van der Waals surface area contributed by atoms with Crippen molar-refractivity contribution in [2.45, 2.75) is 25.8 Å². The lowest BCUT2D eigenvalue weighted by Crippen LogP contribution is -2.35. The molecular weight excluding hydrogens is 377 g/mol. The Hall–Kier alpha value is -2.94. The minimum atomic E-state index is -1.22. The summed E-state index contributed by atoms with van der Waals surface area (Å²) in [5, 5.41) is 18.4. The van der Waals surface area contributed by atoms with Crippen LogP contribution in [0.25, 0.3) is 16.6 Å². The zero-order valence-corrected chi connectivity index (χ0v) is 14.9. The topological polar surface area (TPSA) is 113 Å². The summed E-state index contributed by atoms with van der Waals surface area (Å²) in [6, 6.07) is 1.45. The molecule has 1 aliphatic carbocycles. The van der Waals surface area contributed by atoms with E-state index < -0.39 is 23.5 Å². The number of fused-ring (bicyclic) bond motifs is 1. The molecule has 0 radical (unpaired) electrons. The summed E-state index contributed by atoms with van der Waals surface area (Å²) in [5.41, 5.74) is 0.599.